The first-order chi connectivity index (χ1) is 12.7. The van der Waals surface area contributed by atoms with Crippen LogP contribution in [0.15, 0.2) is 6.07 Å². The molecule has 1 aromatic rings. The van der Waals surface area contributed by atoms with Gasteiger partial charge in [-0.15, -0.1) is 0 Å². The van der Waals surface area contributed by atoms with Crippen molar-refractivity contribution >= 4 is 29.0 Å². The van der Waals surface area contributed by atoms with E-state index in [4.69, 9.17) is 5.73 Å². The molecule has 0 radical (unpaired) electrons. The van der Waals surface area contributed by atoms with E-state index in [2.05, 4.69) is 0 Å². The van der Waals surface area contributed by atoms with Crippen molar-refractivity contribution in [2.24, 2.45) is 17.1 Å². The predicted octanol–water partition coefficient (Wildman–Crippen LogP) is 1.31. The molecule has 27 heavy (non-hydrogen) atoms. The van der Waals surface area contributed by atoms with Crippen molar-refractivity contribution in [3.05, 3.63) is 23.0 Å². The first-order valence-corrected chi connectivity index (χ1v) is 9.07. The van der Waals surface area contributed by atoms with Gasteiger partial charge in [0.05, 0.1) is 11.4 Å². The Labute approximate surface area is 155 Å². The number of halogens is 1. The van der Waals surface area contributed by atoms with E-state index in [0.29, 0.717) is 36.6 Å². The molecule has 3 N–H and O–H groups in total. The average molecular weight is 375 g/mol. The van der Waals surface area contributed by atoms with Crippen LogP contribution < -0.4 is 15.5 Å². The molecule has 1 aliphatic carbocycles. The molecule has 1 saturated heterocycles. The van der Waals surface area contributed by atoms with Crippen molar-refractivity contribution in [2.75, 3.05) is 29.4 Å². The Balaban J connectivity index is 1.84. The summed E-state index contributed by atoms with van der Waals surface area (Å²) < 4.78 is 14.9. The van der Waals surface area contributed by atoms with Crippen LogP contribution in [0.3, 0.4) is 0 Å². The van der Waals surface area contributed by atoms with Gasteiger partial charge in [0.1, 0.15) is 5.82 Å². The number of aliphatic carboxylic acids is 1. The number of Topliss-reactive ketones (excluding diaryl/α,β-unsaturated/α-hetero) is 1. The summed E-state index contributed by atoms with van der Waals surface area (Å²) in [5.74, 6) is -5.44. The average Bonchev–Trinajstić information content (AvgIpc) is 3.38. The number of anilines is 2. The van der Waals surface area contributed by atoms with Crippen LogP contribution in [0.1, 0.15) is 35.7 Å². The van der Waals surface area contributed by atoms with E-state index in [1.807, 2.05) is 11.8 Å². The molecule has 0 spiro atoms. The highest BCUT2D eigenvalue weighted by Crippen LogP contribution is 2.46. The van der Waals surface area contributed by atoms with E-state index >= 15 is 0 Å². The molecule has 144 valence electrons. The number of carbonyl (C=O) groups excluding carboxylic acids is 2. The lowest BCUT2D eigenvalue weighted by Gasteiger charge is -2.50. The number of hydrogen-bond donors (Lipinski definition) is 2. The number of rotatable bonds is 4. The number of nitrogens with zero attached hydrogens (tertiary/aromatic N) is 2. The van der Waals surface area contributed by atoms with Crippen LogP contribution in [0.5, 0.6) is 0 Å². The zero-order valence-electron chi connectivity index (χ0n) is 15.3. The summed E-state index contributed by atoms with van der Waals surface area (Å²) in [5.41, 5.74) is 6.89. The molecule has 1 saturated carbocycles. The van der Waals surface area contributed by atoms with Crippen molar-refractivity contribution < 1.29 is 23.9 Å². The highest BCUT2D eigenvalue weighted by Gasteiger charge is 2.50. The van der Waals surface area contributed by atoms with Crippen molar-refractivity contribution in [3.8, 4) is 0 Å². The third kappa shape index (κ3) is 2.54. The Morgan fingerprint density at radius 2 is 1.96 bits per heavy atom. The number of carboxylic acids is 1. The number of ketones is 1. The Kier molecular flexibility index (Phi) is 3.82. The van der Waals surface area contributed by atoms with Crippen molar-refractivity contribution in [3.63, 3.8) is 0 Å². The van der Waals surface area contributed by atoms with E-state index in [0.717, 1.165) is 18.9 Å². The SMILES string of the molecule is Cc1c(N2CC(C)(CN)C2)c(F)cc2c1N(C1CC1)C(=O)C(C(=O)O)C2=O. The molecular weight excluding hydrogens is 353 g/mol. The maximum absolute atomic E-state index is 14.9. The molecule has 8 heteroatoms. The zero-order chi connectivity index (χ0) is 19.7. The Hall–Kier alpha value is -2.48. The summed E-state index contributed by atoms with van der Waals surface area (Å²) in [4.78, 5) is 40.2. The molecule has 0 aromatic heterocycles. The fourth-order valence-electron chi connectivity index (χ4n) is 4.24. The van der Waals surface area contributed by atoms with Crippen LogP contribution in [-0.2, 0) is 9.59 Å². The van der Waals surface area contributed by atoms with Gasteiger partial charge >= 0.3 is 5.97 Å². The van der Waals surface area contributed by atoms with E-state index < -0.39 is 29.4 Å². The van der Waals surface area contributed by atoms with Crippen LogP contribution in [0.25, 0.3) is 0 Å². The summed E-state index contributed by atoms with van der Waals surface area (Å²) in [7, 11) is 0. The van der Waals surface area contributed by atoms with E-state index in [9.17, 15) is 23.9 Å². The summed E-state index contributed by atoms with van der Waals surface area (Å²) in [6.07, 6.45) is 1.49. The lowest BCUT2D eigenvalue weighted by atomic mass is 9.80. The molecule has 4 rings (SSSR count). The van der Waals surface area contributed by atoms with Gasteiger partial charge < -0.3 is 20.6 Å². The molecule has 2 heterocycles. The highest BCUT2D eigenvalue weighted by molar-refractivity contribution is 6.30. The molecule has 1 atom stereocenters. The standard InChI is InChI=1S/C19H22FN3O4/c1-9-14-11(5-12(20)15(9)22-7-19(2,6-21)8-22)16(24)13(18(26)27)17(25)23(14)10-3-4-10/h5,10,13H,3-4,6-8,21H2,1-2H3,(H,26,27). The van der Waals surface area contributed by atoms with Crippen LogP contribution in [-0.4, -0.2) is 48.4 Å². The Morgan fingerprint density at radius 3 is 2.48 bits per heavy atom. The van der Waals surface area contributed by atoms with Crippen LogP contribution in [0.2, 0.25) is 0 Å². The third-order valence-corrected chi connectivity index (χ3v) is 5.83. The monoisotopic (exact) mass is 375 g/mol. The summed E-state index contributed by atoms with van der Waals surface area (Å²) >= 11 is 0. The zero-order valence-corrected chi connectivity index (χ0v) is 15.3. The van der Waals surface area contributed by atoms with Gasteiger partial charge in [-0.2, -0.15) is 0 Å². The molecular formula is C19H22FN3O4. The minimum atomic E-state index is -1.80. The third-order valence-electron chi connectivity index (χ3n) is 5.83. The van der Waals surface area contributed by atoms with Gasteiger partial charge in [-0.25, -0.2) is 4.39 Å². The summed E-state index contributed by atoms with van der Waals surface area (Å²) in [5, 5.41) is 9.36. The first-order valence-electron chi connectivity index (χ1n) is 9.07. The summed E-state index contributed by atoms with van der Waals surface area (Å²) in [6.45, 7) is 5.37. The number of carbonyl (C=O) groups is 3. The Bertz CT molecular complexity index is 874. The highest BCUT2D eigenvalue weighted by atomic mass is 19.1. The number of amides is 1. The van der Waals surface area contributed by atoms with Crippen molar-refractivity contribution in [1.82, 2.24) is 0 Å². The number of hydrogen-bond acceptors (Lipinski definition) is 5. The topological polar surface area (TPSA) is 104 Å². The van der Waals surface area contributed by atoms with Crippen LogP contribution >= 0.6 is 0 Å². The van der Waals surface area contributed by atoms with E-state index in [1.54, 1.807) is 6.92 Å². The second kappa shape index (κ2) is 5.76. The van der Waals surface area contributed by atoms with Gasteiger partial charge in [0.25, 0.3) is 0 Å². The van der Waals surface area contributed by atoms with Gasteiger partial charge in [-0.05, 0) is 31.4 Å². The summed E-state index contributed by atoms with van der Waals surface area (Å²) in [6, 6.07) is 0.962. The predicted molar refractivity (Wildman–Crippen MR) is 96.5 cm³/mol. The maximum Gasteiger partial charge on any atom is 0.324 e. The van der Waals surface area contributed by atoms with E-state index in [1.165, 1.54) is 4.90 Å². The molecule has 3 aliphatic rings. The Morgan fingerprint density at radius 1 is 1.33 bits per heavy atom. The number of fused-ring (bicyclic) bond motifs is 1. The minimum Gasteiger partial charge on any atom is -0.480 e. The quantitative estimate of drug-likeness (QED) is 0.769. The second-order valence-electron chi connectivity index (χ2n) is 8.17. The van der Waals surface area contributed by atoms with Gasteiger partial charge in [0, 0.05) is 36.7 Å². The van der Waals surface area contributed by atoms with Crippen LogP contribution in [0, 0.1) is 24.1 Å². The lowest BCUT2D eigenvalue weighted by molar-refractivity contribution is -0.144. The van der Waals surface area contributed by atoms with Crippen LogP contribution in [0.4, 0.5) is 15.8 Å². The molecule has 1 aromatic carbocycles. The fraction of sp³-hybridized carbons (Fsp3) is 0.526. The lowest BCUT2D eigenvalue weighted by Crippen LogP contribution is -2.59. The fourth-order valence-corrected chi connectivity index (χ4v) is 4.24. The molecule has 2 aliphatic heterocycles. The molecule has 1 amide bonds. The largest absolute Gasteiger partial charge is 0.480 e. The van der Waals surface area contributed by atoms with Crippen molar-refractivity contribution in [1.29, 1.82) is 0 Å². The first kappa shape index (κ1) is 17.9. The number of carboxylic acid groups (broad SMARTS) is 1. The minimum absolute atomic E-state index is 0.0187. The van der Waals surface area contributed by atoms with Gasteiger partial charge in [0.2, 0.25) is 5.91 Å². The van der Waals surface area contributed by atoms with Gasteiger partial charge in [-0.3, -0.25) is 14.4 Å². The second-order valence-corrected chi connectivity index (χ2v) is 8.17. The molecule has 0 bridgehead atoms. The van der Waals surface area contributed by atoms with E-state index in [-0.39, 0.29) is 17.0 Å². The normalized spacial score (nSPS) is 23.9. The van der Waals surface area contributed by atoms with Gasteiger partial charge in [-0.1, -0.05) is 6.92 Å². The molecule has 7 nitrogen and oxygen atoms in total. The number of benzene rings is 1. The van der Waals surface area contributed by atoms with Crippen molar-refractivity contribution in [2.45, 2.75) is 32.7 Å². The van der Waals surface area contributed by atoms with Gasteiger partial charge in [0.15, 0.2) is 11.7 Å². The molecule has 2 fully saturated rings. The maximum atomic E-state index is 14.9. The number of nitrogens with two attached hydrogens (primary N) is 1. The molecule has 1 unspecified atom stereocenters. The smallest absolute Gasteiger partial charge is 0.324 e.